The number of likely N-dealkylation sites (tertiary alicyclic amines) is 1. The van der Waals surface area contributed by atoms with Gasteiger partial charge in [-0.3, -0.25) is 0 Å². The first kappa shape index (κ1) is 20.3. The summed E-state index contributed by atoms with van der Waals surface area (Å²) in [5.41, 5.74) is 2.37. The molecule has 0 radical (unpaired) electrons. The molecule has 2 aromatic carbocycles. The predicted molar refractivity (Wildman–Crippen MR) is 114 cm³/mol. The summed E-state index contributed by atoms with van der Waals surface area (Å²) in [6.07, 6.45) is 2.53. The lowest BCUT2D eigenvalue weighted by Crippen LogP contribution is -2.35. The van der Waals surface area contributed by atoms with Crippen molar-refractivity contribution in [2.45, 2.75) is 32.4 Å². The van der Waals surface area contributed by atoms with E-state index in [4.69, 9.17) is 14.2 Å². The summed E-state index contributed by atoms with van der Waals surface area (Å²) in [6, 6.07) is 14.6. The van der Waals surface area contributed by atoms with Crippen molar-refractivity contribution in [2.24, 2.45) is 0 Å². The van der Waals surface area contributed by atoms with Crippen LogP contribution < -0.4 is 19.1 Å². The van der Waals surface area contributed by atoms with E-state index in [2.05, 4.69) is 54.1 Å². The summed E-state index contributed by atoms with van der Waals surface area (Å²) in [5, 5.41) is 0. The fourth-order valence-corrected chi connectivity index (χ4v) is 3.60. The molecule has 1 fully saturated rings. The molecule has 0 N–H and O–H groups in total. The van der Waals surface area contributed by atoms with Gasteiger partial charge in [-0.25, -0.2) is 0 Å². The molecule has 28 heavy (non-hydrogen) atoms. The fraction of sp³-hybridized carbons (Fsp3) is 0.478. The van der Waals surface area contributed by atoms with Crippen molar-refractivity contribution in [3.05, 3.63) is 48.0 Å². The van der Waals surface area contributed by atoms with Crippen LogP contribution in [0.3, 0.4) is 0 Å². The normalized spacial score (nSPS) is 15.3. The average Bonchev–Trinajstić information content (AvgIpc) is 2.74. The minimum atomic E-state index is 0.334. The number of benzene rings is 2. The van der Waals surface area contributed by atoms with E-state index in [-0.39, 0.29) is 0 Å². The van der Waals surface area contributed by atoms with Crippen LogP contribution >= 0.6 is 0 Å². The Labute approximate surface area is 168 Å². The van der Waals surface area contributed by atoms with Gasteiger partial charge in [0.25, 0.3) is 0 Å². The van der Waals surface area contributed by atoms with Gasteiger partial charge in [0.2, 0.25) is 0 Å². The van der Waals surface area contributed by atoms with Crippen LogP contribution in [0.15, 0.2) is 42.5 Å². The van der Waals surface area contributed by atoms with Crippen LogP contribution in [0.1, 0.15) is 25.3 Å². The molecule has 0 atom stereocenters. The third-order valence-electron chi connectivity index (χ3n) is 5.38. The molecule has 1 heterocycles. The maximum Gasteiger partial charge on any atom is 0.162 e. The lowest BCUT2D eigenvalue weighted by Gasteiger charge is -2.29. The van der Waals surface area contributed by atoms with Crippen LogP contribution in [0.25, 0.3) is 0 Å². The van der Waals surface area contributed by atoms with Crippen LogP contribution in [-0.4, -0.2) is 51.9 Å². The van der Waals surface area contributed by atoms with Gasteiger partial charge in [0, 0.05) is 37.9 Å². The van der Waals surface area contributed by atoms with Crippen molar-refractivity contribution in [1.82, 2.24) is 4.90 Å². The van der Waals surface area contributed by atoms with E-state index in [0.29, 0.717) is 6.10 Å². The minimum Gasteiger partial charge on any atom is -0.493 e. The molecular weight excluding hydrogens is 352 g/mol. The third-order valence-corrected chi connectivity index (χ3v) is 5.38. The number of nitrogens with zero attached hydrogens (tertiary/aromatic N) is 2. The highest BCUT2D eigenvalue weighted by atomic mass is 16.5. The van der Waals surface area contributed by atoms with E-state index in [0.717, 1.165) is 62.0 Å². The van der Waals surface area contributed by atoms with Gasteiger partial charge in [-0.2, -0.15) is 0 Å². The minimum absolute atomic E-state index is 0.334. The van der Waals surface area contributed by atoms with Gasteiger partial charge in [-0.1, -0.05) is 12.1 Å². The van der Waals surface area contributed by atoms with Crippen molar-refractivity contribution < 1.29 is 14.2 Å². The Morgan fingerprint density at radius 3 is 2.25 bits per heavy atom. The van der Waals surface area contributed by atoms with E-state index in [9.17, 15) is 0 Å². The van der Waals surface area contributed by atoms with Crippen molar-refractivity contribution in [2.75, 3.05) is 45.8 Å². The van der Waals surface area contributed by atoms with Crippen molar-refractivity contribution in [3.8, 4) is 17.2 Å². The first-order valence-corrected chi connectivity index (χ1v) is 10.0. The van der Waals surface area contributed by atoms with E-state index < -0.39 is 0 Å². The lowest BCUT2D eigenvalue weighted by molar-refractivity contribution is 0.114. The molecule has 0 aliphatic carbocycles. The number of anilines is 1. The number of hydrogen-bond donors (Lipinski definition) is 0. The standard InChI is InChI=1S/C23H32N2O3/c1-5-25(19-8-11-22(26-3)23(16-19)27-4)17-18-6-9-20(10-7-18)28-21-12-14-24(2)15-13-21/h6-11,16,21H,5,12-15,17H2,1-4H3. The highest BCUT2D eigenvalue weighted by Gasteiger charge is 2.18. The summed E-state index contributed by atoms with van der Waals surface area (Å²) >= 11 is 0. The summed E-state index contributed by atoms with van der Waals surface area (Å²) < 4.78 is 16.9. The number of hydrogen-bond acceptors (Lipinski definition) is 5. The molecule has 152 valence electrons. The monoisotopic (exact) mass is 384 g/mol. The highest BCUT2D eigenvalue weighted by molar-refractivity contribution is 5.56. The molecule has 0 spiro atoms. The SMILES string of the molecule is CCN(Cc1ccc(OC2CCN(C)CC2)cc1)c1ccc(OC)c(OC)c1. The Hall–Kier alpha value is -2.40. The summed E-state index contributed by atoms with van der Waals surface area (Å²) in [4.78, 5) is 4.67. The van der Waals surface area contributed by atoms with Crippen LogP contribution in [0.4, 0.5) is 5.69 Å². The van der Waals surface area contributed by atoms with Gasteiger partial charge in [0.05, 0.1) is 14.2 Å². The van der Waals surface area contributed by atoms with E-state index in [1.807, 2.05) is 12.1 Å². The zero-order valence-corrected chi connectivity index (χ0v) is 17.5. The van der Waals surface area contributed by atoms with E-state index >= 15 is 0 Å². The fourth-order valence-electron chi connectivity index (χ4n) is 3.60. The van der Waals surface area contributed by atoms with Gasteiger partial charge < -0.3 is 24.0 Å². The molecule has 0 saturated carbocycles. The average molecular weight is 385 g/mol. The molecule has 1 saturated heterocycles. The quantitative estimate of drug-likeness (QED) is 0.681. The van der Waals surface area contributed by atoms with Gasteiger partial charge in [-0.05, 0) is 56.6 Å². The van der Waals surface area contributed by atoms with Gasteiger partial charge in [-0.15, -0.1) is 0 Å². The largest absolute Gasteiger partial charge is 0.493 e. The molecule has 0 unspecified atom stereocenters. The second-order valence-corrected chi connectivity index (χ2v) is 7.32. The Morgan fingerprint density at radius 2 is 1.64 bits per heavy atom. The number of methoxy groups -OCH3 is 2. The van der Waals surface area contributed by atoms with Crippen LogP contribution in [-0.2, 0) is 6.54 Å². The molecule has 1 aliphatic rings. The molecule has 2 aromatic rings. The highest BCUT2D eigenvalue weighted by Crippen LogP contribution is 2.32. The number of piperidine rings is 1. The summed E-state index contributed by atoms with van der Waals surface area (Å²) in [7, 11) is 5.49. The van der Waals surface area contributed by atoms with Crippen molar-refractivity contribution in [1.29, 1.82) is 0 Å². The first-order valence-electron chi connectivity index (χ1n) is 10.0. The lowest BCUT2D eigenvalue weighted by atomic mass is 10.1. The van der Waals surface area contributed by atoms with Gasteiger partial charge >= 0.3 is 0 Å². The predicted octanol–water partition coefficient (Wildman–Crippen LogP) is 4.20. The maximum absolute atomic E-state index is 6.16. The summed E-state index contributed by atoms with van der Waals surface area (Å²) in [5.74, 6) is 2.46. The summed E-state index contributed by atoms with van der Waals surface area (Å²) in [6.45, 7) is 6.12. The molecule has 0 bridgehead atoms. The number of ether oxygens (including phenoxy) is 3. The zero-order chi connectivity index (χ0) is 19.9. The Bertz CT molecular complexity index is 740. The topological polar surface area (TPSA) is 34.2 Å². The van der Waals surface area contributed by atoms with Gasteiger partial charge in [0.1, 0.15) is 11.9 Å². The molecule has 5 heteroatoms. The van der Waals surface area contributed by atoms with Crippen molar-refractivity contribution in [3.63, 3.8) is 0 Å². The Morgan fingerprint density at radius 1 is 0.964 bits per heavy atom. The van der Waals surface area contributed by atoms with E-state index in [1.165, 1.54) is 5.56 Å². The van der Waals surface area contributed by atoms with Gasteiger partial charge in [0.15, 0.2) is 11.5 Å². The second-order valence-electron chi connectivity index (χ2n) is 7.32. The molecule has 1 aliphatic heterocycles. The maximum atomic E-state index is 6.16. The second kappa shape index (κ2) is 9.69. The molecule has 3 rings (SSSR count). The molecule has 0 amide bonds. The first-order chi connectivity index (χ1) is 13.6. The zero-order valence-electron chi connectivity index (χ0n) is 17.5. The smallest absolute Gasteiger partial charge is 0.162 e. The van der Waals surface area contributed by atoms with E-state index in [1.54, 1.807) is 14.2 Å². The van der Waals surface area contributed by atoms with Crippen molar-refractivity contribution >= 4 is 5.69 Å². The molecular formula is C23H32N2O3. The van der Waals surface area contributed by atoms with Crippen LogP contribution in [0, 0.1) is 0 Å². The Balaban J connectivity index is 1.63. The Kier molecular flexibility index (Phi) is 7.04. The van der Waals surface area contributed by atoms with Crippen LogP contribution in [0.5, 0.6) is 17.2 Å². The third kappa shape index (κ3) is 5.10. The molecule has 0 aromatic heterocycles. The molecule has 5 nitrogen and oxygen atoms in total. The number of rotatable bonds is 8. The van der Waals surface area contributed by atoms with Crippen LogP contribution in [0.2, 0.25) is 0 Å².